The Morgan fingerprint density at radius 2 is 2.21 bits per heavy atom. The summed E-state index contributed by atoms with van der Waals surface area (Å²) in [5.41, 5.74) is 7.60. The molecular weight excluding hydrogens is 324 g/mol. The molecule has 0 fully saturated rings. The van der Waals surface area contributed by atoms with E-state index >= 15 is 0 Å². The zero-order chi connectivity index (χ0) is 13.8. The Balaban J connectivity index is 2.25. The molecule has 4 nitrogen and oxygen atoms in total. The minimum Gasteiger partial charge on any atom is -0.389 e. The quantitative estimate of drug-likeness (QED) is 0.869. The zero-order valence-corrected chi connectivity index (χ0v) is 12.8. The maximum absolute atomic E-state index is 5.70. The number of aromatic nitrogens is 2. The number of thiocarbonyl (C=S) groups is 1. The lowest BCUT2D eigenvalue weighted by Gasteiger charge is -2.20. The number of rotatable bonds is 4. The van der Waals surface area contributed by atoms with Crippen LogP contribution in [0.25, 0.3) is 0 Å². The molecule has 1 aromatic carbocycles. The molecule has 0 aliphatic heterocycles. The highest BCUT2D eigenvalue weighted by Crippen LogP contribution is 2.19. The predicted octanol–water partition coefficient (Wildman–Crippen LogP) is 2.51. The van der Waals surface area contributed by atoms with E-state index in [9.17, 15) is 0 Å². The van der Waals surface area contributed by atoms with Crippen LogP contribution in [0.1, 0.15) is 11.1 Å². The molecule has 0 atom stereocenters. The first kappa shape index (κ1) is 13.9. The Morgan fingerprint density at radius 3 is 2.89 bits per heavy atom. The molecular formula is C13H13BrN4S. The molecule has 1 aromatic heterocycles. The molecule has 0 spiro atoms. The molecule has 2 rings (SSSR count). The van der Waals surface area contributed by atoms with Crippen molar-refractivity contribution in [3.63, 3.8) is 0 Å². The topological polar surface area (TPSA) is 55.0 Å². The number of nitrogens with zero attached hydrogens (tertiary/aromatic N) is 3. The Bertz CT molecular complexity index is 603. The van der Waals surface area contributed by atoms with Gasteiger partial charge >= 0.3 is 0 Å². The largest absolute Gasteiger partial charge is 0.389 e. The first-order valence-corrected chi connectivity index (χ1v) is 6.85. The van der Waals surface area contributed by atoms with E-state index < -0.39 is 0 Å². The molecule has 1 heterocycles. The summed E-state index contributed by atoms with van der Waals surface area (Å²) in [6.45, 7) is 0.702. The molecule has 0 aliphatic carbocycles. The van der Waals surface area contributed by atoms with E-state index in [2.05, 4.69) is 38.3 Å². The first-order chi connectivity index (χ1) is 9.08. The summed E-state index contributed by atoms with van der Waals surface area (Å²) in [6.07, 6.45) is 1.59. The maximum Gasteiger partial charge on any atom is 0.161 e. The van der Waals surface area contributed by atoms with Gasteiger partial charge in [-0.05, 0) is 23.8 Å². The number of anilines is 1. The van der Waals surface area contributed by atoms with Crippen LogP contribution in [0.4, 0.5) is 5.82 Å². The molecule has 0 radical (unpaired) electrons. The van der Waals surface area contributed by atoms with Crippen molar-refractivity contribution >= 4 is 39.0 Å². The summed E-state index contributed by atoms with van der Waals surface area (Å²) < 4.78 is 1.05. The van der Waals surface area contributed by atoms with Crippen molar-refractivity contribution in [2.24, 2.45) is 5.73 Å². The molecule has 0 amide bonds. The van der Waals surface area contributed by atoms with E-state index in [1.807, 2.05) is 24.1 Å². The number of hydrogen-bond donors (Lipinski definition) is 1. The van der Waals surface area contributed by atoms with E-state index in [0.717, 1.165) is 15.6 Å². The third-order valence-electron chi connectivity index (χ3n) is 2.64. The van der Waals surface area contributed by atoms with Crippen LogP contribution in [0.15, 0.2) is 41.0 Å². The van der Waals surface area contributed by atoms with Crippen molar-refractivity contribution < 1.29 is 0 Å². The number of halogens is 1. The zero-order valence-electron chi connectivity index (χ0n) is 10.4. The summed E-state index contributed by atoms with van der Waals surface area (Å²) in [7, 11) is 1.94. The lowest BCUT2D eigenvalue weighted by atomic mass is 10.2. The summed E-state index contributed by atoms with van der Waals surface area (Å²) in [6, 6.07) is 9.89. The van der Waals surface area contributed by atoms with Gasteiger partial charge in [-0.25, -0.2) is 0 Å². The number of nitrogens with two attached hydrogens (primary N) is 1. The van der Waals surface area contributed by atoms with Crippen LogP contribution < -0.4 is 10.6 Å². The van der Waals surface area contributed by atoms with E-state index in [-0.39, 0.29) is 0 Å². The van der Waals surface area contributed by atoms with Crippen LogP contribution in [0.5, 0.6) is 0 Å². The van der Waals surface area contributed by atoms with Gasteiger partial charge in [-0.1, -0.05) is 40.3 Å². The van der Waals surface area contributed by atoms with Crippen molar-refractivity contribution in [2.75, 3.05) is 11.9 Å². The molecule has 0 bridgehead atoms. The van der Waals surface area contributed by atoms with Crippen molar-refractivity contribution in [1.82, 2.24) is 10.2 Å². The Labute approximate surface area is 125 Å². The number of hydrogen-bond acceptors (Lipinski definition) is 4. The van der Waals surface area contributed by atoms with Crippen molar-refractivity contribution in [3.05, 3.63) is 52.1 Å². The SMILES string of the molecule is CN(Cc1cccc(Br)c1)c1nnccc1C(N)=S. The first-order valence-electron chi connectivity index (χ1n) is 5.65. The monoisotopic (exact) mass is 336 g/mol. The van der Waals surface area contributed by atoms with Crippen LogP contribution in [0, 0.1) is 0 Å². The van der Waals surface area contributed by atoms with Crippen molar-refractivity contribution in [2.45, 2.75) is 6.54 Å². The predicted molar refractivity (Wildman–Crippen MR) is 84.2 cm³/mol. The van der Waals surface area contributed by atoms with Gasteiger partial charge in [-0.2, -0.15) is 5.10 Å². The van der Waals surface area contributed by atoms with E-state index in [0.29, 0.717) is 17.4 Å². The lowest BCUT2D eigenvalue weighted by Crippen LogP contribution is -2.23. The highest BCUT2D eigenvalue weighted by Gasteiger charge is 2.12. The molecule has 0 saturated carbocycles. The minimum absolute atomic E-state index is 0.325. The third-order valence-corrected chi connectivity index (χ3v) is 3.35. The molecule has 19 heavy (non-hydrogen) atoms. The average molecular weight is 337 g/mol. The van der Waals surface area contributed by atoms with Crippen molar-refractivity contribution in [3.8, 4) is 0 Å². The maximum atomic E-state index is 5.70. The lowest BCUT2D eigenvalue weighted by molar-refractivity contribution is 0.864. The fourth-order valence-electron chi connectivity index (χ4n) is 1.78. The fraction of sp³-hybridized carbons (Fsp3) is 0.154. The van der Waals surface area contributed by atoms with Gasteiger partial charge in [-0.15, -0.1) is 5.10 Å². The van der Waals surface area contributed by atoms with Gasteiger partial charge in [0.2, 0.25) is 0 Å². The molecule has 6 heteroatoms. The van der Waals surface area contributed by atoms with E-state index in [4.69, 9.17) is 18.0 Å². The van der Waals surface area contributed by atoms with Gasteiger partial charge in [0.15, 0.2) is 5.82 Å². The van der Waals surface area contributed by atoms with Crippen LogP contribution >= 0.6 is 28.1 Å². The standard InChI is InChI=1S/C13H13BrN4S/c1-18(8-9-3-2-4-10(14)7-9)13-11(12(15)19)5-6-16-17-13/h2-7H,8H2,1H3,(H2,15,19). The minimum atomic E-state index is 0.325. The number of benzene rings is 1. The van der Waals surface area contributed by atoms with Crippen molar-refractivity contribution in [1.29, 1.82) is 0 Å². The van der Waals surface area contributed by atoms with Gasteiger partial charge in [0.1, 0.15) is 4.99 Å². The Kier molecular flexibility index (Phi) is 4.44. The highest BCUT2D eigenvalue weighted by atomic mass is 79.9. The summed E-state index contributed by atoms with van der Waals surface area (Å²) >= 11 is 8.49. The second-order valence-electron chi connectivity index (χ2n) is 4.12. The Hall–Kier alpha value is -1.53. The second-order valence-corrected chi connectivity index (χ2v) is 5.47. The highest BCUT2D eigenvalue weighted by molar-refractivity contribution is 9.10. The molecule has 2 aromatic rings. The second kappa shape index (κ2) is 6.08. The normalized spacial score (nSPS) is 10.2. The summed E-state index contributed by atoms with van der Waals surface area (Å²) in [5, 5.41) is 8.01. The van der Waals surface area contributed by atoms with E-state index in [1.54, 1.807) is 12.3 Å². The molecule has 0 aliphatic rings. The smallest absolute Gasteiger partial charge is 0.161 e. The Morgan fingerprint density at radius 1 is 1.42 bits per heavy atom. The van der Waals surface area contributed by atoms with Gasteiger partial charge < -0.3 is 10.6 Å². The molecule has 0 unspecified atom stereocenters. The fourth-order valence-corrected chi connectivity index (χ4v) is 2.39. The molecule has 0 saturated heterocycles. The van der Waals surface area contributed by atoms with E-state index in [1.165, 1.54) is 0 Å². The van der Waals surface area contributed by atoms with Gasteiger partial charge in [-0.3, -0.25) is 0 Å². The third kappa shape index (κ3) is 3.48. The average Bonchev–Trinajstić information content (AvgIpc) is 2.38. The summed E-state index contributed by atoms with van der Waals surface area (Å²) in [4.78, 5) is 2.30. The van der Waals surface area contributed by atoms with Crippen LogP contribution in [0.2, 0.25) is 0 Å². The van der Waals surface area contributed by atoms with Crippen LogP contribution in [-0.4, -0.2) is 22.2 Å². The van der Waals surface area contributed by atoms with Crippen LogP contribution in [0.3, 0.4) is 0 Å². The van der Waals surface area contributed by atoms with Gasteiger partial charge in [0, 0.05) is 18.1 Å². The summed E-state index contributed by atoms with van der Waals surface area (Å²) in [5.74, 6) is 0.690. The van der Waals surface area contributed by atoms with Gasteiger partial charge in [0.25, 0.3) is 0 Å². The van der Waals surface area contributed by atoms with Gasteiger partial charge in [0.05, 0.1) is 11.8 Å². The molecule has 98 valence electrons. The van der Waals surface area contributed by atoms with Crippen LogP contribution in [-0.2, 0) is 6.54 Å². The molecule has 2 N–H and O–H groups in total.